The lowest BCUT2D eigenvalue weighted by Gasteiger charge is -2.47. The molecule has 0 amide bonds. The van der Waals surface area contributed by atoms with Crippen LogP contribution in [0.15, 0.2) is 30.4 Å². The van der Waals surface area contributed by atoms with Crippen molar-refractivity contribution in [2.24, 2.45) is 5.92 Å². The van der Waals surface area contributed by atoms with Crippen LogP contribution in [0.4, 0.5) is 0 Å². The third-order valence-electron chi connectivity index (χ3n) is 5.53. The van der Waals surface area contributed by atoms with Crippen molar-refractivity contribution in [1.29, 1.82) is 0 Å². The first-order chi connectivity index (χ1) is 9.43. The molecule has 0 bridgehead atoms. The molecule has 0 spiro atoms. The van der Waals surface area contributed by atoms with E-state index in [4.69, 9.17) is 0 Å². The maximum absolute atomic E-state index is 11.9. The van der Waals surface area contributed by atoms with Crippen LogP contribution >= 0.6 is 0 Å². The minimum absolute atomic E-state index is 0.119. The molecule has 2 atom stereocenters. The average Bonchev–Trinajstić information content (AvgIpc) is 2.43. The van der Waals surface area contributed by atoms with Gasteiger partial charge in [-0.15, -0.1) is 0 Å². The van der Waals surface area contributed by atoms with E-state index in [1.54, 1.807) is 0 Å². The summed E-state index contributed by atoms with van der Waals surface area (Å²) in [6.45, 7) is 10.9. The van der Waals surface area contributed by atoms with Gasteiger partial charge in [0.05, 0.1) is 0 Å². The Labute approximate surface area is 122 Å². The number of benzene rings is 1. The normalized spacial score (nSPS) is 29.3. The second-order valence-corrected chi connectivity index (χ2v) is 7.03. The average molecular weight is 268 g/mol. The SMILES string of the molecule is C=C1C(=O)CC[C@]2(C)c3ccc(C(C)C)cc3CC[C@@H]12. The molecule has 0 N–H and O–H groups in total. The van der Waals surface area contributed by atoms with E-state index in [2.05, 4.69) is 45.5 Å². The smallest absolute Gasteiger partial charge is 0.158 e. The van der Waals surface area contributed by atoms with E-state index in [1.807, 2.05) is 0 Å². The zero-order chi connectivity index (χ0) is 14.5. The Morgan fingerprint density at radius 3 is 2.75 bits per heavy atom. The maximum atomic E-state index is 11.9. The second kappa shape index (κ2) is 4.58. The van der Waals surface area contributed by atoms with Crippen molar-refractivity contribution >= 4 is 5.78 Å². The summed E-state index contributed by atoms with van der Waals surface area (Å²) in [6.07, 6.45) is 3.80. The van der Waals surface area contributed by atoms with Gasteiger partial charge < -0.3 is 0 Å². The Morgan fingerprint density at radius 1 is 1.30 bits per heavy atom. The molecule has 0 radical (unpaired) electrons. The fourth-order valence-electron chi connectivity index (χ4n) is 4.14. The molecule has 0 aliphatic heterocycles. The van der Waals surface area contributed by atoms with Crippen molar-refractivity contribution in [2.75, 3.05) is 0 Å². The van der Waals surface area contributed by atoms with Crippen LogP contribution in [-0.4, -0.2) is 5.78 Å². The van der Waals surface area contributed by atoms with Crippen molar-refractivity contribution in [1.82, 2.24) is 0 Å². The van der Waals surface area contributed by atoms with Gasteiger partial charge in [0.1, 0.15) is 0 Å². The summed E-state index contributed by atoms with van der Waals surface area (Å²) in [6, 6.07) is 6.98. The Bertz CT molecular complexity index is 581. The fraction of sp³-hybridized carbons (Fsp3) is 0.526. The number of hydrogen-bond donors (Lipinski definition) is 0. The van der Waals surface area contributed by atoms with E-state index in [1.165, 1.54) is 16.7 Å². The molecule has 2 aliphatic rings. The monoisotopic (exact) mass is 268 g/mol. The third-order valence-corrected chi connectivity index (χ3v) is 5.53. The summed E-state index contributed by atoms with van der Waals surface area (Å²) in [5.74, 6) is 1.21. The van der Waals surface area contributed by atoms with Gasteiger partial charge in [-0.3, -0.25) is 4.79 Å². The van der Waals surface area contributed by atoms with Gasteiger partial charge in [-0.1, -0.05) is 45.5 Å². The van der Waals surface area contributed by atoms with Crippen molar-refractivity contribution < 1.29 is 4.79 Å². The van der Waals surface area contributed by atoms with Crippen LogP contribution in [0, 0.1) is 5.92 Å². The van der Waals surface area contributed by atoms with Gasteiger partial charge >= 0.3 is 0 Å². The minimum Gasteiger partial charge on any atom is -0.295 e. The first kappa shape index (κ1) is 13.6. The van der Waals surface area contributed by atoms with Gasteiger partial charge in [0.2, 0.25) is 0 Å². The van der Waals surface area contributed by atoms with Crippen LogP contribution in [0.3, 0.4) is 0 Å². The summed E-state index contributed by atoms with van der Waals surface area (Å²) >= 11 is 0. The fourth-order valence-corrected chi connectivity index (χ4v) is 4.14. The van der Waals surface area contributed by atoms with E-state index in [9.17, 15) is 4.79 Å². The maximum Gasteiger partial charge on any atom is 0.158 e. The number of carbonyl (C=O) groups is 1. The molecular formula is C19H24O. The number of ketones is 1. The van der Waals surface area contributed by atoms with Gasteiger partial charge in [0.15, 0.2) is 5.78 Å². The van der Waals surface area contributed by atoms with Crippen LogP contribution in [0.1, 0.15) is 62.6 Å². The largest absolute Gasteiger partial charge is 0.295 e. The van der Waals surface area contributed by atoms with Gasteiger partial charge in [-0.2, -0.15) is 0 Å². The van der Waals surface area contributed by atoms with E-state index < -0.39 is 0 Å². The number of aryl methyl sites for hydroxylation is 1. The molecule has 20 heavy (non-hydrogen) atoms. The second-order valence-electron chi connectivity index (χ2n) is 7.03. The number of allylic oxidation sites excluding steroid dienone is 1. The number of Topliss-reactive ketones (excluding diaryl/α,β-unsaturated/α-hetero) is 1. The summed E-state index contributed by atoms with van der Waals surface area (Å²) in [7, 11) is 0. The van der Waals surface area contributed by atoms with Crippen LogP contribution in [0.5, 0.6) is 0 Å². The van der Waals surface area contributed by atoms with Crippen molar-refractivity contribution in [2.45, 2.75) is 57.8 Å². The topological polar surface area (TPSA) is 17.1 Å². The molecule has 106 valence electrons. The van der Waals surface area contributed by atoms with Gasteiger partial charge in [0.25, 0.3) is 0 Å². The summed E-state index contributed by atoms with van der Waals surface area (Å²) < 4.78 is 0. The molecule has 3 rings (SSSR count). The van der Waals surface area contributed by atoms with Crippen LogP contribution in [0.25, 0.3) is 0 Å². The lowest BCUT2D eigenvalue weighted by atomic mass is 9.56. The third kappa shape index (κ3) is 1.87. The highest BCUT2D eigenvalue weighted by Gasteiger charge is 2.45. The quantitative estimate of drug-likeness (QED) is 0.683. The van der Waals surface area contributed by atoms with Gasteiger partial charge in [-0.25, -0.2) is 0 Å². The van der Waals surface area contributed by atoms with Crippen LogP contribution < -0.4 is 0 Å². The predicted molar refractivity (Wildman–Crippen MR) is 83.1 cm³/mol. The van der Waals surface area contributed by atoms with Crippen LogP contribution in [-0.2, 0) is 16.6 Å². The van der Waals surface area contributed by atoms with Gasteiger partial charge in [-0.05, 0) is 53.4 Å². The molecule has 1 aromatic carbocycles. The molecule has 1 saturated carbocycles. The Kier molecular flexibility index (Phi) is 3.12. The van der Waals surface area contributed by atoms with Crippen molar-refractivity contribution in [3.05, 3.63) is 47.0 Å². The highest BCUT2D eigenvalue weighted by molar-refractivity contribution is 5.96. The van der Waals surface area contributed by atoms with Gasteiger partial charge in [0, 0.05) is 11.8 Å². The molecule has 1 aromatic rings. The highest BCUT2D eigenvalue weighted by atomic mass is 16.1. The molecule has 1 nitrogen and oxygen atoms in total. The number of fused-ring (bicyclic) bond motifs is 3. The lowest BCUT2D eigenvalue weighted by Crippen LogP contribution is -2.43. The Morgan fingerprint density at radius 2 is 2.05 bits per heavy atom. The van der Waals surface area contributed by atoms with Crippen LogP contribution in [0.2, 0.25) is 0 Å². The number of carbonyl (C=O) groups excluding carboxylic acids is 1. The Balaban J connectivity index is 2.07. The Hall–Kier alpha value is -1.37. The van der Waals surface area contributed by atoms with E-state index in [-0.39, 0.29) is 11.2 Å². The molecule has 0 saturated heterocycles. The van der Waals surface area contributed by atoms with Crippen molar-refractivity contribution in [3.63, 3.8) is 0 Å². The first-order valence-corrected chi connectivity index (χ1v) is 7.79. The zero-order valence-corrected chi connectivity index (χ0v) is 12.8. The standard InChI is InChI=1S/C19H24O/c1-12(2)14-5-8-17-15(11-14)6-7-16-13(3)18(20)9-10-19(16,17)4/h5,8,11-12,16H,3,6-7,9-10H2,1-2,4H3/t16-,19-/m0/s1. The van der Waals surface area contributed by atoms with Crippen molar-refractivity contribution in [3.8, 4) is 0 Å². The summed E-state index contributed by atoms with van der Waals surface area (Å²) in [5, 5.41) is 0. The first-order valence-electron chi connectivity index (χ1n) is 7.79. The van der Waals surface area contributed by atoms with E-state index >= 15 is 0 Å². The molecule has 2 aliphatic carbocycles. The highest BCUT2D eigenvalue weighted by Crippen LogP contribution is 2.50. The molecule has 0 aromatic heterocycles. The zero-order valence-electron chi connectivity index (χ0n) is 12.8. The van der Waals surface area contributed by atoms with E-state index in [0.29, 0.717) is 18.3 Å². The molecule has 1 heteroatoms. The molecular weight excluding hydrogens is 244 g/mol. The minimum atomic E-state index is 0.119. The summed E-state index contributed by atoms with van der Waals surface area (Å²) in [5.41, 5.74) is 5.38. The number of hydrogen-bond acceptors (Lipinski definition) is 1. The molecule has 0 unspecified atom stereocenters. The molecule has 0 heterocycles. The van der Waals surface area contributed by atoms with E-state index in [0.717, 1.165) is 24.8 Å². The molecule has 1 fully saturated rings. The number of rotatable bonds is 1. The summed E-state index contributed by atoms with van der Waals surface area (Å²) in [4.78, 5) is 11.9. The predicted octanol–water partition coefficient (Wildman–Crippen LogP) is 4.55. The lowest BCUT2D eigenvalue weighted by molar-refractivity contribution is -0.118.